The van der Waals surface area contributed by atoms with Gasteiger partial charge in [0.25, 0.3) is 5.69 Å². The maximum Gasteiger partial charge on any atom is 0.269 e. The average molecular weight is 266 g/mol. The van der Waals surface area contributed by atoms with E-state index in [9.17, 15) is 25.0 Å². The zero-order valence-electron chi connectivity index (χ0n) is 10.6. The number of nitro groups is 2. The number of hydrogen-bond donors (Lipinski definition) is 0. The van der Waals surface area contributed by atoms with Crippen LogP contribution in [0.3, 0.4) is 0 Å². The molecule has 0 saturated carbocycles. The summed E-state index contributed by atoms with van der Waals surface area (Å²) < 4.78 is 0. The second-order valence-corrected chi connectivity index (χ2v) is 4.55. The van der Waals surface area contributed by atoms with E-state index >= 15 is 0 Å². The highest BCUT2D eigenvalue weighted by atomic mass is 16.6. The Kier molecular flexibility index (Phi) is 4.31. The third-order valence-electron chi connectivity index (χ3n) is 3.48. The molecule has 0 spiro atoms. The van der Waals surface area contributed by atoms with Gasteiger partial charge in [-0.15, -0.1) is 0 Å². The molecule has 0 amide bonds. The number of nitrogens with zero attached hydrogens (tertiary/aromatic N) is 2. The van der Waals surface area contributed by atoms with Gasteiger partial charge < -0.3 is 4.79 Å². The molecule has 7 nitrogen and oxygen atoms in total. The third-order valence-corrected chi connectivity index (χ3v) is 3.48. The van der Waals surface area contributed by atoms with E-state index in [0.717, 1.165) is 0 Å². The van der Waals surface area contributed by atoms with Gasteiger partial charge in [-0.25, -0.2) is 0 Å². The van der Waals surface area contributed by atoms with Gasteiger partial charge in [0, 0.05) is 30.4 Å². The SMILES string of the molecule is CC([N+](=O)[O-])[C@@](C)(CC=O)c1ccc([N+](=O)[O-])cc1. The second-order valence-electron chi connectivity index (χ2n) is 4.55. The van der Waals surface area contributed by atoms with Crippen LogP contribution in [0.15, 0.2) is 24.3 Å². The maximum atomic E-state index is 11.0. The number of carbonyl (C=O) groups is 1. The minimum Gasteiger partial charge on any atom is -0.303 e. The molecule has 0 aliphatic rings. The molecule has 0 aliphatic heterocycles. The first kappa shape index (κ1) is 14.7. The highest BCUT2D eigenvalue weighted by Gasteiger charge is 2.40. The van der Waals surface area contributed by atoms with E-state index in [1.807, 2.05) is 0 Å². The summed E-state index contributed by atoms with van der Waals surface area (Å²) in [5.41, 5.74) is -0.541. The lowest BCUT2D eigenvalue weighted by Gasteiger charge is -2.28. The first-order valence-electron chi connectivity index (χ1n) is 5.65. The Labute approximate surface area is 109 Å². The number of aldehydes is 1. The van der Waals surface area contributed by atoms with E-state index < -0.39 is 21.3 Å². The Morgan fingerprint density at radius 2 is 1.79 bits per heavy atom. The molecule has 2 atom stereocenters. The Morgan fingerprint density at radius 1 is 1.26 bits per heavy atom. The first-order valence-corrected chi connectivity index (χ1v) is 5.65. The molecule has 0 N–H and O–H groups in total. The Bertz CT molecular complexity index is 499. The van der Waals surface area contributed by atoms with Crippen LogP contribution in [0.5, 0.6) is 0 Å². The van der Waals surface area contributed by atoms with Gasteiger partial charge in [0.2, 0.25) is 6.04 Å². The predicted molar refractivity (Wildman–Crippen MR) is 67.6 cm³/mol. The molecule has 1 unspecified atom stereocenters. The summed E-state index contributed by atoms with van der Waals surface area (Å²) in [7, 11) is 0. The number of carbonyl (C=O) groups excluding carboxylic acids is 1. The zero-order valence-corrected chi connectivity index (χ0v) is 10.6. The summed E-state index contributed by atoms with van der Waals surface area (Å²) in [5, 5.41) is 21.5. The van der Waals surface area contributed by atoms with Crippen molar-refractivity contribution >= 4 is 12.0 Å². The third kappa shape index (κ3) is 2.93. The van der Waals surface area contributed by atoms with Gasteiger partial charge in [-0.2, -0.15) is 0 Å². The second kappa shape index (κ2) is 5.55. The van der Waals surface area contributed by atoms with Gasteiger partial charge in [-0.05, 0) is 12.5 Å². The van der Waals surface area contributed by atoms with Crippen molar-refractivity contribution in [3.63, 3.8) is 0 Å². The molecule has 102 valence electrons. The molecule has 0 heterocycles. The summed E-state index contributed by atoms with van der Waals surface area (Å²) in [5.74, 6) is 0. The molecule has 0 saturated heterocycles. The largest absolute Gasteiger partial charge is 0.303 e. The number of rotatable bonds is 6. The fraction of sp³-hybridized carbons (Fsp3) is 0.417. The highest BCUT2D eigenvalue weighted by molar-refractivity contribution is 5.54. The van der Waals surface area contributed by atoms with E-state index in [2.05, 4.69) is 0 Å². The van der Waals surface area contributed by atoms with Crippen LogP contribution >= 0.6 is 0 Å². The van der Waals surface area contributed by atoms with Crippen LogP contribution in [0, 0.1) is 20.2 Å². The summed E-state index contributed by atoms with van der Waals surface area (Å²) in [6.07, 6.45) is 0.606. The Hall–Kier alpha value is -2.31. The van der Waals surface area contributed by atoms with E-state index in [-0.39, 0.29) is 12.1 Å². The van der Waals surface area contributed by atoms with Gasteiger partial charge >= 0.3 is 0 Å². The zero-order chi connectivity index (χ0) is 14.6. The molecular weight excluding hydrogens is 252 g/mol. The average Bonchev–Trinajstić information content (AvgIpc) is 2.38. The van der Waals surface area contributed by atoms with Crippen LogP contribution in [-0.4, -0.2) is 22.2 Å². The molecular formula is C12H14N2O5. The Morgan fingerprint density at radius 3 is 2.16 bits per heavy atom. The van der Waals surface area contributed by atoms with Crippen molar-refractivity contribution < 1.29 is 14.6 Å². The van der Waals surface area contributed by atoms with Crippen molar-refractivity contribution in [2.45, 2.75) is 31.7 Å². The molecule has 1 rings (SSSR count). The van der Waals surface area contributed by atoms with Gasteiger partial charge in [-0.3, -0.25) is 20.2 Å². The number of non-ortho nitro benzene ring substituents is 1. The first-order chi connectivity index (χ1) is 8.82. The normalized spacial score (nSPS) is 15.3. The van der Waals surface area contributed by atoms with E-state index in [0.29, 0.717) is 11.8 Å². The highest BCUT2D eigenvalue weighted by Crippen LogP contribution is 2.33. The molecule has 1 aromatic carbocycles. The van der Waals surface area contributed by atoms with Gasteiger partial charge in [0.05, 0.1) is 10.3 Å². The molecule has 1 aromatic rings. The lowest BCUT2D eigenvalue weighted by Crippen LogP contribution is -2.40. The van der Waals surface area contributed by atoms with Crippen molar-refractivity contribution in [1.29, 1.82) is 0 Å². The van der Waals surface area contributed by atoms with Crippen LogP contribution in [0.25, 0.3) is 0 Å². The van der Waals surface area contributed by atoms with Gasteiger partial charge in [0.15, 0.2) is 0 Å². The minimum absolute atomic E-state index is 0.0209. The maximum absolute atomic E-state index is 11.0. The molecule has 0 aliphatic carbocycles. The van der Waals surface area contributed by atoms with Crippen LogP contribution in [0.4, 0.5) is 5.69 Å². The van der Waals surface area contributed by atoms with Crippen molar-refractivity contribution in [2.75, 3.05) is 0 Å². The van der Waals surface area contributed by atoms with Gasteiger partial charge in [0.1, 0.15) is 6.29 Å². The van der Waals surface area contributed by atoms with Crippen LogP contribution < -0.4 is 0 Å². The molecule has 0 bridgehead atoms. The molecule has 19 heavy (non-hydrogen) atoms. The van der Waals surface area contributed by atoms with Crippen LogP contribution in [0.1, 0.15) is 25.8 Å². The van der Waals surface area contributed by atoms with E-state index in [4.69, 9.17) is 0 Å². The standard InChI is InChI=1S/C12H14N2O5/c1-9(13(16)17)12(2,7-8-15)10-3-5-11(6-4-10)14(18)19/h3-6,8-9H,7H2,1-2H3/t9?,12-/m1/s1. The van der Waals surface area contributed by atoms with E-state index in [1.165, 1.54) is 31.2 Å². The number of nitro benzene ring substituents is 1. The molecule has 0 aromatic heterocycles. The van der Waals surface area contributed by atoms with Crippen molar-refractivity contribution in [2.24, 2.45) is 0 Å². The predicted octanol–water partition coefficient (Wildman–Crippen LogP) is 2.11. The summed E-state index contributed by atoms with van der Waals surface area (Å²) in [6, 6.07) is 4.51. The summed E-state index contributed by atoms with van der Waals surface area (Å²) >= 11 is 0. The fourth-order valence-electron chi connectivity index (χ4n) is 1.90. The number of benzene rings is 1. The van der Waals surface area contributed by atoms with Crippen LogP contribution in [0.2, 0.25) is 0 Å². The smallest absolute Gasteiger partial charge is 0.269 e. The molecule has 0 radical (unpaired) electrons. The van der Waals surface area contributed by atoms with Crippen molar-refractivity contribution in [1.82, 2.24) is 0 Å². The van der Waals surface area contributed by atoms with Crippen molar-refractivity contribution in [3.8, 4) is 0 Å². The van der Waals surface area contributed by atoms with Crippen molar-refractivity contribution in [3.05, 3.63) is 50.1 Å². The summed E-state index contributed by atoms with van der Waals surface area (Å²) in [6.45, 7) is 3.03. The summed E-state index contributed by atoms with van der Waals surface area (Å²) in [4.78, 5) is 31.3. The van der Waals surface area contributed by atoms with Crippen LogP contribution in [-0.2, 0) is 10.2 Å². The lowest BCUT2D eigenvalue weighted by molar-refractivity contribution is -0.529. The topological polar surface area (TPSA) is 103 Å². The molecule has 0 fully saturated rings. The molecule has 7 heteroatoms. The fourth-order valence-corrected chi connectivity index (χ4v) is 1.90. The van der Waals surface area contributed by atoms with Gasteiger partial charge in [-0.1, -0.05) is 12.1 Å². The number of hydrogen-bond acceptors (Lipinski definition) is 5. The van der Waals surface area contributed by atoms with E-state index in [1.54, 1.807) is 6.92 Å². The lowest BCUT2D eigenvalue weighted by atomic mass is 9.74. The quantitative estimate of drug-likeness (QED) is 0.445. The minimum atomic E-state index is -0.986. The monoisotopic (exact) mass is 266 g/mol. The Balaban J connectivity index is 3.22.